The van der Waals surface area contributed by atoms with Gasteiger partial charge in [-0.25, -0.2) is 9.59 Å². The highest BCUT2D eigenvalue weighted by Crippen LogP contribution is 2.19. The highest BCUT2D eigenvalue weighted by atomic mass is 35.5. The number of carbonyl (C=O) groups excluding carboxylic acids is 2. The van der Waals surface area contributed by atoms with Gasteiger partial charge in [-0.1, -0.05) is 17.7 Å². The highest BCUT2D eigenvalue weighted by Gasteiger charge is 2.20. The van der Waals surface area contributed by atoms with E-state index in [9.17, 15) is 9.59 Å². The third-order valence-corrected chi connectivity index (χ3v) is 3.88. The molecule has 1 atom stereocenters. The van der Waals surface area contributed by atoms with Crippen LogP contribution in [0.4, 0.5) is 10.5 Å². The predicted octanol–water partition coefficient (Wildman–Crippen LogP) is 3.06. The number of esters is 1. The van der Waals surface area contributed by atoms with Crippen molar-refractivity contribution in [1.82, 2.24) is 5.32 Å². The van der Waals surface area contributed by atoms with Crippen molar-refractivity contribution in [1.29, 1.82) is 0 Å². The molecule has 0 bridgehead atoms. The van der Waals surface area contributed by atoms with Gasteiger partial charge < -0.3 is 15.4 Å². The third-order valence-electron chi connectivity index (χ3n) is 2.83. The largest absolute Gasteiger partial charge is 0.467 e. The van der Waals surface area contributed by atoms with Crippen LogP contribution in [-0.2, 0) is 9.53 Å². The van der Waals surface area contributed by atoms with Gasteiger partial charge in [-0.15, -0.1) is 0 Å². The van der Waals surface area contributed by atoms with Crippen LogP contribution in [0, 0.1) is 6.92 Å². The zero-order valence-corrected chi connectivity index (χ0v) is 13.8. The Morgan fingerprint density at radius 2 is 2.14 bits per heavy atom. The molecule has 7 heteroatoms. The summed E-state index contributed by atoms with van der Waals surface area (Å²) in [7, 11) is 1.30. The number of methoxy groups -OCH3 is 1. The van der Waals surface area contributed by atoms with Crippen LogP contribution < -0.4 is 10.6 Å². The second kappa shape index (κ2) is 8.79. The topological polar surface area (TPSA) is 67.4 Å². The van der Waals surface area contributed by atoms with E-state index in [1.165, 1.54) is 7.11 Å². The number of amides is 2. The molecular weight excluding hydrogens is 312 g/mol. The molecule has 0 spiro atoms. The SMILES string of the molecule is COC(=O)C(CCSC)NC(=O)Nc1ccc(C)c(Cl)c1. The van der Waals surface area contributed by atoms with Crippen molar-refractivity contribution < 1.29 is 14.3 Å². The number of anilines is 1. The minimum absolute atomic E-state index is 0.457. The maximum absolute atomic E-state index is 11.9. The summed E-state index contributed by atoms with van der Waals surface area (Å²) in [5, 5.41) is 5.82. The minimum atomic E-state index is -0.664. The van der Waals surface area contributed by atoms with Crippen LogP contribution in [-0.4, -0.2) is 37.2 Å². The molecule has 0 aliphatic rings. The van der Waals surface area contributed by atoms with E-state index in [4.69, 9.17) is 11.6 Å². The number of hydrogen-bond acceptors (Lipinski definition) is 4. The standard InChI is InChI=1S/C14H19ClN2O3S/c1-9-4-5-10(8-11(9)15)16-14(19)17-12(6-7-21-3)13(18)20-2/h4-5,8,12H,6-7H2,1-3H3,(H2,16,17,19). The molecule has 0 radical (unpaired) electrons. The second-order valence-corrected chi connectivity index (χ2v) is 5.81. The maximum Gasteiger partial charge on any atom is 0.328 e. The molecule has 0 heterocycles. The Morgan fingerprint density at radius 3 is 2.71 bits per heavy atom. The van der Waals surface area contributed by atoms with Crippen LogP contribution in [0.5, 0.6) is 0 Å². The molecule has 116 valence electrons. The highest BCUT2D eigenvalue weighted by molar-refractivity contribution is 7.98. The number of hydrogen-bond donors (Lipinski definition) is 2. The van der Waals surface area contributed by atoms with Crippen LogP contribution in [0.25, 0.3) is 0 Å². The van der Waals surface area contributed by atoms with Gasteiger partial charge in [0.05, 0.1) is 7.11 Å². The van der Waals surface area contributed by atoms with Crippen molar-refractivity contribution in [2.75, 3.05) is 24.4 Å². The average molecular weight is 331 g/mol. The fourth-order valence-electron chi connectivity index (χ4n) is 1.62. The van der Waals surface area contributed by atoms with Gasteiger partial charge in [-0.3, -0.25) is 0 Å². The van der Waals surface area contributed by atoms with Gasteiger partial charge in [0.2, 0.25) is 0 Å². The van der Waals surface area contributed by atoms with Crippen molar-refractivity contribution in [3.63, 3.8) is 0 Å². The van der Waals surface area contributed by atoms with E-state index in [0.29, 0.717) is 17.1 Å². The van der Waals surface area contributed by atoms with Gasteiger partial charge in [0.15, 0.2) is 0 Å². The van der Waals surface area contributed by atoms with Crippen molar-refractivity contribution in [3.05, 3.63) is 28.8 Å². The fraction of sp³-hybridized carbons (Fsp3) is 0.429. The van der Waals surface area contributed by atoms with Gasteiger partial charge in [-0.2, -0.15) is 11.8 Å². The predicted molar refractivity (Wildman–Crippen MR) is 87.1 cm³/mol. The van der Waals surface area contributed by atoms with E-state index in [-0.39, 0.29) is 0 Å². The zero-order chi connectivity index (χ0) is 15.8. The van der Waals surface area contributed by atoms with Crippen molar-refractivity contribution in [2.24, 2.45) is 0 Å². The molecule has 5 nitrogen and oxygen atoms in total. The van der Waals surface area contributed by atoms with Gasteiger partial charge in [0.25, 0.3) is 0 Å². The molecule has 2 N–H and O–H groups in total. The zero-order valence-electron chi connectivity index (χ0n) is 12.2. The number of rotatable bonds is 6. The Labute approximate surface area is 133 Å². The van der Waals surface area contributed by atoms with Crippen molar-refractivity contribution in [2.45, 2.75) is 19.4 Å². The first kappa shape index (κ1) is 17.7. The lowest BCUT2D eigenvalue weighted by Crippen LogP contribution is -2.44. The lowest BCUT2D eigenvalue weighted by Gasteiger charge is -2.16. The lowest BCUT2D eigenvalue weighted by atomic mass is 10.2. The summed E-state index contributed by atoms with van der Waals surface area (Å²) in [4.78, 5) is 23.5. The molecule has 0 aliphatic heterocycles. The van der Waals surface area contributed by atoms with Crippen LogP contribution in [0.3, 0.4) is 0 Å². The number of benzene rings is 1. The summed E-state index contributed by atoms with van der Waals surface area (Å²) in [6, 6.07) is 4.08. The van der Waals surface area contributed by atoms with Gasteiger partial charge >= 0.3 is 12.0 Å². The number of thioether (sulfide) groups is 1. The quantitative estimate of drug-likeness (QED) is 0.787. The van der Waals surface area contributed by atoms with Crippen molar-refractivity contribution >= 4 is 41.1 Å². The molecule has 1 rings (SSSR count). The molecular formula is C14H19ClN2O3S. The molecule has 0 saturated heterocycles. The summed E-state index contributed by atoms with van der Waals surface area (Å²) in [6.07, 6.45) is 2.44. The summed E-state index contributed by atoms with van der Waals surface area (Å²) in [5.74, 6) is 0.289. The molecule has 1 unspecified atom stereocenters. The van der Waals surface area contributed by atoms with E-state index in [1.807, 2.05) is 19.2 Å². The number of halogens is 1. The Balaban J connectivity index is 2.64. The molecule has 2 amide bonds. The van der Waals surface area contributed by atoms with E-state index < -0.39 is 18.0 Å². The first-order valence-electron chi connectivity index (χ1n) is 6.38. The Kier molecular flexibility index (Phi) is 7.39. The van der Waals surface area contributed by atoms with Gasteiger partial charge in [0.1, 0.15) is 6.04 Å². The Hall–Kier alpha value is -1.40. The Bertz CT molecular complexity index is 511. The van der Waals surface area contributed by atoms with E-state index >= 15 is 0 Å². The lowest BCUT2D eigenvalue weighted by molar-refractivity contribution is -0.142. The number of nitrogens with one attached hydrogen (secondary N) is 2. The number of ether oxygens (including phenoxy) is 1. The first-order chi connectivity index (χ1) is 9.97. The minimum Gasteiger partial charge on any atom is -0.467 e. The van der Waals surface area contributed by atoms with Crippen LogP contribution >= 0.6 is 23.4 Å². The maximum atomic E-state index is 11.9. The molecule has 0 fully saturated rings. The average Bonchev–Trinajstić information content (AvgIpc) is 2.46. The molecule has 0 aliphatic carbocycles. The molecule has 0 aromatic heterocycles. The van der Waals surface area contributed by atoms with Gasteiger partial charge in [0, 0.05) is 10.7 Å². The summed E-state index contributed by atoms with van der Waals surface area (Å²) >= 11 is 7.59. The van der Waals surface area contributed by atoms with Crippen LogP contribution in [0.15, 0.2) is 18.2 Å². The van der Waals surface area contributed by atoms with E-state index in [1.54, 1.807) is 23.9 Å². The van der Waals surface area contributed by atoms with Crippen LogP contribution in [0.1, 0.15) is 12.0 Å². The van der Waals surface area contributed by atoms with E-state index in [2.05, 4.69) is 15.4 Å². The third kappa shape index (κ3) is 5.85. The molecule has 1 aromatic rings. The first-order valence-corrected chi connectivity index (χ1v) is 8.15. The molecule has 1 aromatic carbocycles. The smallest absolute Gasteiger partial charge is 0.328 e. The fourth-order valence-corrected chi connectivity index (χ4v) is 2.27. The number of urea groups is 1. The van der Waals surface area contributed by atoms with Gasteiger partial charge in [-0.05, 0) is 43.0 Å². The summed E-state index contributed by atoms with van der Waals surface area (Å²) in [5.41, 5.74) is 1.49. The monoisotopic (exact) mass is 330 g/mol. The number of aryl methyl sites for hydroxylation is 1. The second-order valence-electron chi connectivity index (χ2n) is 4.42. The van der Waals surface area contributed by atoms with Crippen molar-refractivity contribution in [3.8, 4) is 0 Å². The normalized spacial score (nSPS) is 11.6. The Morgan fingerprint density at radius 1 is 1.43 bits per heavy atom. The molecule has 21 heavy (non-hydrogen) atoms. The van der Waals surface area contributed by atoms with Crippen LogP contribution in [0.2, 0.25) is 5.02 Å². The van der Waals surface area contributed by atoms with E-state index in [0.717, 1.165) is 11.3 Å². The summed E-state index contributed by atoms with van der Waals surface area (Å²) in [6.45, 7) is 1.88. The molecule has 0 saturated carbocycles. The number of carbonyl (C=O) groups is 2. The summed E-state index contributed by atoms with van der Waals surface area (Å²) < 4.78 is 4.68.